The Hall–Kier alpha value is -1.88. The number of methoxy groups -OCH3 is 1. The predicted molar refractivity (Wildman–Crippen MR) is 128 cm³/mol. The van der Waals surface area contributed by atoms with E-state index in [2.05, 4.69) is 42.0 Å². The number of carbonyl (C=O) groups excluding carboxylic acids is 2. The van der Waals surface area contributed by atoms with Crippen LogP contribution in [0.3, 0.4) is 0 Å². The minimum Gasteiger partial charge on any atom is -0.469 e. The van der Waals surface area contributed by atoms with E-state index in [1.165, 1.54) is 12.7 Å². The molecule has 5 heteroatoms. The second-order valence-corrected chi connectivity index (χ2v) is 9.37. The fourth-order valence-electron chi connectivity index (χ4n) is 4.69. The van der Waals surface area contributed by atoms with E-state index in [4.69, 9.17) is 0 Å². The number of aliphatic hydroxyl groups excluding tert-OH is 1. The molecular weight excluding hydrogens is 402 g/mol. The summed E-state index contributed by atoms with van der Waals surface area (Å²) >= 11 is 0. The minimum atomic E-state index is -0.289. The first-order chi connectivity index (χ1) is 15.5. The van der Waals surface area contributed by atoms with Crippen LogP contribution in [0.5, 0.6) is 0 Å². The first kappa shape index (κ1) is 26.4. The van der Waals surface area contributed by atoms with Gasteiger partial charge in [0.05, 0.1) is 13.2 Å². The van der Waals surface area contributed by atoms with Crippen LogP contribution >= 0.6 is 0 Å². The van der Waals surface area contributed by atoms with Gasteiger partial charge >= 0.3 is 5.97 Å². The number of benzene rings is 1. The van der Waals surface area contributed by atoms with Crippen LogP contribution in [-0.4, -0.2) is 47.7 Å². The van der Waals surface area contributed by atoms with Gasteiger partial charge in [0, 0.05) is 25.4 Å². The lowest BCUT2D eigenvalue weighted by Gasteiger charge is -2.27. The largest absolute Gasteiger partial charge is 0.469 e. The quantitative estimate of drug-likeness (QED) is 0.277. The highest BCUT2D eigenvalue weighted by Crippen LogP contribution is 2.26. The number of aliphatic hydroxyl groups is 1. The minimum absolute atomic E-state index is 0.149. The lowest BCUT2D eigenvalue weighted by molar-refractivity contribution is -0.140. The van der Waals surface area contributed by atoms with Crippen molar-refractivity contribution in [1.29, 1.82) is 0 Å². The van der Waals surface area contributed by atoms with Gasteiger partial charge in [0.25, 0.3) is 0 Å². The molecule has 0 aromatic heterocycles. The molecular formula is C27H43NO4. The summed E-state index contributed by atoms with van der Waals surface area (Å²) < 4.78 is 4.66. The Morgan fingerprint density at radius 2 is 1.84 bits per heavy atom. The Labute approximate surface area is 194 Å². The number of carbonyl (C=O) groups is 2. The summed E-state index contributed by atoms with van der Waals surface area (Å²) in [5.41, 5.74) is 1.38. The number of aryl methyl sites for hydroxylation is 1. The Balaban J connectivity index is 1.59. The summed E-state index contributed by atoms with van der Waals surface area (Å²) in [5, 5.41) is 10.6. The van der Waals surface area contributed by atoms with Crippen molar-refractivity contribution in [2.75, 3.05) is 13.7 Å². The summed E-state index contributed by atoms with van der Waals surface area (Å²) in [7, 11) is 1.42. The van der Waals surface area contributed by atoms with Crippen molar-refractivity contribution in [3.8, 4) is 0 Å². The summed E-state index contributed by atoms with van der Waals surface area (Å²) in [6, 6.07) is 10.9. The van der Waals surface area contributed by atoms with E-state index in [1.807, 2.05) is 4.90 Å². The average molecular weight is 446 g/mol. The van der Waals surface area contributed by atoms with E-state index >= 15 is 0 Å². The van der Waals surface area contributed by atoms with Crippen molar-refractivity contribution in [3.05, 3.63) is 35.9 Å². The van der Waals surface area contributed by atoms with Crippen LogP contribution < -0.4 is 0 Å². The van der Waals surface area contributed by atoms with Crippen LogP contribution in [-0.2, 0) is 20.7 Å². The van der Waals surface area contributed by atoms with Gasteiger partial charge in [-0.1, -0.05) is 56.5 Å². The Kier molecular flexibility index (Phi) is 12.4. The molecule has 0 aliphatic carbocycles. The first-order valence-electron chi connectivity index (χ1n) is 12.6. The van der Waals surface area contributed by atoms with E-state index in [0.29, 0.717) is 18.8 Å². The number of hydrogen-bond donors (Lipinski definition) is 1. The van der Waals surface area contributed by atoms with E-state index in [-0.39, 0.29) is 24.0 Å². The summed E-state index contributed by atoms with van der Waals surface area (Å²) in [5.74, 6) is 0.405. The van der Waals surface area contributed by atoms with E-state index < -0.39 is 0 Å². The topological polar surface area (TPSA) is 66.8 Å². The van der Waals surface area contributed by atoms with E-state index in [0.717, 1.165) is 77.2 Å². The number of unbranched alkanes of at least 4 members (excludes halogenated alkanes) is 4. The van der Waals surface area contributed by atoms with Crippen LogP contribution in [0.15, 0.2) is 30.3 Å². The van der Waals surface area contributed by atoms with Crippen molar-refractivity contribution in [2.24, 2.45) is 5.92 Å². The van der Waals surface area contributed by atoms with Gasteiger partial charge in [-0.05, 0) is 62.8 Å². The molecule has 1 aromatic rings. The monoisotopic (exact) mass is 445 g/mol. The molecule has 1 aliphatic heterocycles. The zero-order valence-electron chi connectivity index (χ0n) is 20.1. The molecule has 1 N–H and O–H groups in total. The first-order valence-corrected chi connectivity index (χ1v) is 12.6. The number of ether oxygens (including phenoxy) is 1. The van der Waals surface area contributed by atoms with E-state index in [1.54, 1.807) is 0 Å². The molecule has 1 aliphatic rings. The Morgan fingerprint density at radius 3 is 2.59 bits per heavy atom. The van der Waals surface area contributed by atoms with Gasteiger partial charge in [0.2, 0.25) is 5.91 Å². The highest BCUT2D eigenvalue weighted by molar-refractivity contribution is 5.78. The maximum Gasteiger partial charge on any atom is 0.305 e. The number of rotatable bonds is 16. The third-order valence-corrected chi connectivity index (χ3v) is 6.88. The fraction of sp³-hybridized carbons (Fsp3) is 0.704. The molecule has 1 aromatic carbocycles. The zero-order valence-corrected chi connectivity index (χ0v) is 20.1. The highest BCUT2D eigenvalue weighted by Gasteiger charge is 2.30. The lowest BCUT2D eigenvalue weighted by atomic mass is 9.92. The van der Waals surface area contributed by atoms with Crippen molar-refractivity contribution < 1.29 is 19.4 Å². The fourth-order valence-corrected chi connectivity index (χ4v) is 4.69. The molecule has 0 radical (unpaired) electrons. The average Bonchev–Trinajstić information content (AvgIpc) is 3.16. The lowest BCUT2D eigenvalue weighted by Crippen LogP contribution is -2.35. The molecule has 1 fully saturated rings. The third-order valence-electron chi connectivity index (χ3n) is 6.88. The zero-order chi connectivity index (χ0) is 23.2. The Morgan fingerprint density at radius 1 is 1.09 bits per heavy atom. The molecule has 2 rings (SSSR count). The molecule has 0 unspecified atom stereocenters. The van der Waals surface area contributed by atoms with Gasteiger partial charge in [-0.2, -0.15) is 0 Å². The smallest absolute Gasteiger partial charge is 0.305 e. The number of esters is 1. The maximum atomic E-state index is 12.3. The van der Waals surface area contributed by atoms with Gasteiger partial charge in [0.15, 0.2) is 0 Å². The van der Waals surface area contributed by atoms with Crippen LogP contribution in [0.2, 0.25) is 0 Å². The van der Waals surface area contributed by atoms with Gasteiger partial charge in [-0.15, -0.1) is 0 Å². The normalized spacial score (nSPS) is 18.0. The van der Waals surface area contributed by atoms with Crippen LogP contribution in [0, 0.1) is 5.92 Å². The number of likely N-dealkylation sites (tertiary alicyclic amines) is 1. The van der Waals surface area contributed by atoms with Gasteiger partial charge in [0.1, 0.15) is 0 Å². The highest BCUT2D eigenvalue weighted by atomic mass is 16.5. The van der Waals surface area contributed by atoms with Crippen molar-refractivity contribution >= 4 is 11.9 Å². The summed E-state index contributed by atoms with van der Waals surface area (Å²) in [6.45, 7) is 2.95. The molecule has 5 nitrogen and oxygen atoms in total. The molecule has 32 heavy (non-hydrogen) atoms. The third kappa shape index (κ3) is 9.72. The van der Waals surface area contributed by atoms with Crippen LogP contribution in [0.1, 0.15) is 89.5 Å². The molecule has 1 amide bonds. The van der Waals surface area contributed by atoms with Crippen LogP contribution in [0.25, 0.3) is 0 Å². The van der Waals surface area contributed by atoms with Crippen molar-refractivity contribution in [3.63, 3.8) is 0 Å². The van der Waals surface area contributed by atoms with Crippen LogP contribution in [0.4, 0.5) is 0 Å². The van der Waals surface area contributed by atoms with Crippen molar-refractivity contribution in [2.45, 2.75) is 103 Å². The SMILES string of the molecule is COC(=O)CCCCCCN1C(=O)CC[C@@H]1CC[C@@H](O)[C@H](C)CCCCc1ccccc1. The van der Waals surface area contributed by atoms with Gasteiger partial charge in [-0.3, -0.25) is 9.59 Å². The molecule has 1 heterocycles. The molecule has 0 spiro atoms. The molecule has 0 saturated carbocycles. The second-order valence-electron chi connectivity index (χ2n) is 9.37. The molecule has 3 atom stereocenters. The van der Waals surface area contributed by atoms with E-state index in [9.17, 15) is 14.7 Å². The molecule has 1 saturated heterocycles. The number of hydrogen-bond acceptors (Lipinski definition) is 4. The molecule has 180 valence electrons. The second kappa shape index (κ2) is 15.0. The van der Waals surface area contributed by atoms with Crippen molar-refractivity contribution in [1.82, 2.24) is 4.90 Å². The van der Waals surface area contributed by atoms with Gasteiger partial charge in [-0.25, -0.2) is 0 Å². The molecule has 0 bridgehead atoms. The van der Waals surface area contributed by atoms with Gasteiger partial charge < -0.3 is 14.7 Å². The maximum absolute atomic E-state index is 12.3. The summed E-state index contributed by atoms with van der Waals surface area (Å²) in [6.07, 6.45) is 11.7. The number of amides is 1. The standard InChI is InChI=1S/C27H43NO4/c1-22(12-9-10-15-23-13-6-5-7-14-23)25(29)19-17-24-18-20-26(30)28(24)21-11-4-3-8-16-27(31)32-2/h5-7,13-14,22,24-25,29H,3-4,8-12,15-21H2,1-2H3/t22-,24+,25-/m1/s1. The Bertz CT molecular complexity index is 663. The summed E-state index contributed by atoms with van der Waals surface area (Å²) in [4.78, 5) is 25.5. The number of nitrogens with zero attached hydrogens (tertiary/aromatic N) is 1. The predicted octanol–water partition coefficient (Wildman–Crippen LogP) is 5.29.